The Morgan fingerprint density at radius 3 is 1.63 bits per heavy atom. The van der Waals surface area contributed by atoms with E-state index in [0.717, 1.165) is 88.4 Å². The van der Waals surface area contributed by atoms with E-state index < -0.39 is 0 Å². The topological polar surface area (TPSA) is 38.0 Å². The Kier molecular flexibility index (Phi) is 7.22. The lowest BCUT2D eigenvalue weighted by Crippen LogP contribution is -2.00. The first-order chi connectivity index (χ1) is 26.7. The number of fused-ring (bicyclic) bond motifs is 6. The molecular weight excluding hydrogens is 657 g/mol. The Hall–Kier alpha value is -7.66. The van der Waals surface area contributed by atoms with Crippen molar-refractivity contribution in [2.45, 2.75) is 0 Å². The Bertz CT molecular complexity index is 3060. The fourth-order valence-electron chi connectivity index (χ4n) is 8.18. The summed E-state index contributed by atoms with van der Waals surface area (Å²) < 4.78 is 4.67. The molecule has 0 unspecified atom stereocenters. The van der Waals surface area contributed by atoms with Crippen LogP contribution >= 0.6 is 0 Å². The highest BCUT2D eigenvalue weighted by Crippen LogP contribution is 2.46. The van der Waals surface area contributed by atoms with Crippen molar-refractivity contribution in [2.24, 2.45) is 0 Å². The molecule has 0 saturated carbocycles. The van der Waals surface area contributed by atoms with Gasteiger partial charge in [-0.15, -0.1) is 0 Å². The van der Waals surface area contributed by atoms with E-state index in [2.05, 4.69) is 166 Å². The quantitative estimate of drug-likeness (QED) is 0.166. The number of nitriles is 1. The van der Waals surface area contributed by atoms with E-state index in [0.29, 0.717) is 11.3 Å². The standard InChI is InChI=1S/C50H30N4/c1-52-38-23-24-40(37(29-38)32-51)49-48(28-27-47-50(49)41-19-11-12-20-44(41)53(47)39-17-9-4-10-18-39)54-45-25-21-35(33-13-5-2-6-14-33)30-42(45)43-31-36(22-26-46(43)54)34-15-7-3-8-16-34/h2-31H. The van der Waals surface area contributed by atoms with E-state index in [9.17, 15) is 5.26 Å². The van der Waals surface area contributed by atoms with Crippen LogP contribution < -0.4 is 0 Å². The minimum absolute atomic E-state index is 0.439. The first kappa shape index (κ1) is 31.1. The van der Waals surface area contributed by atoms with Gasteiger partial charge in [0.15, 0.2) is 5.69 Å². The van der Waals surface area contributed by atoms with Gasteiger partial charge >= 0.3 is 0 Å². The second kappa shape index (κ2) is 12.5. The van der Waals surface area contributed by atoms with E-state index in [1.165, 1.54) is 0 Å². The molecule has 54 heavy (non-hydrogen) atoms. The number of benzene rings is 8. The average molecular weight is 687 g/mol. The predicted octanol–water partition coefficient (Wildman–Crippen LogP) is 13.3. The maximum absolute atomic E-state index is 10.6. The van der Waals surface area contributed by atoms with Gasteiger partial charge in [-0.2, -0.15) is 5.26 Å². The van der Waals surface area contributed by atoms with Crippen LogP contribution in [-0.4, -0.2) is 9.13 Å². The Balaban J connectivity index is 1.37. The monoisotopic (exact) mass is 686 g/mol. The number of aromatic nitrogens is 2. The molecular formula is C50H30N4. The number of rotatable bonds is 5. The molecule has 0 saturated heterocycles. The molecule has 4 heteroatoms. The predicted molar refractivity (Wildman–Crippen MR) is 222 cm³/mol. The van der Waals surface area contributed by atoms with Crippen LogP contribution in [0.25, 0.3) is 93.2 Å². The molecule has 0 aliphatic heterocycles. The smallest absolute Gasteiger partial charge is 0.188 e. The molecule has 0 aliphatic carbocycles. The van der Waals surface area contributed by atoms with Crippen LogP contribution in [0.5, 0.6) is 0 Å². The van der Waals surface area contributed by atoms with Gasteiger partial charge in [-0.05, 0) is 88.5 Å². The summed E-state index contributed by atoms with van der Waals surface area (Å²) in [5, 5.41) is 15.1. The van der Waals surface area contributed by atoms with Gasteiger partial charge < -0.3 is 9.13 Å². The Labute approximate surface area is 312 Å². The van der Waals surface area contributed by atoms with Crippen LogP contribution in [0.4, 0.5) is 5.69 Å². The van der Waals surface area contributed by atoms with E-state index in [1.54, 1.807) is 6.07 Å². The van der Waals surface area contributed by atoms with Gasteiger partial charge in [0.05, 0.1) is 40.4 Å². The molecule has 0 fully saturated rings. The van der Waals surface area contributed by atoms with Crippen LogP contribution in [0, 0.1) is 17.9 Å². The van der Waals surface area contributed by atoms with Crippen molar-refractivity contribution in [1.29, 1.82) is 5.26 Å². The maximum atomic E-state index is 10.6. The molecule has 0 N–H and O–H groups in total. The second-order valence-electron chi connectivity index (χ2n) is 13.5. The minimum Gasteiger partial charge on any atom is -0.309 e. The molecule has 8 aromatic carbocycles. The summed E-state index contributed by atoms with van der Waals surface area (Å²) in [7, 11) is 0. The van der Waals surface area contributed by atoms with Crippen LogP contribution in [0.3, 0.4) is 0 Å². The zero-order valence-electron chi connectivity index (χ0n) is 29.1. The zero-order chi connectivity index (χ0) is 36.2. The summed E-state index contributed by atoms with van der Waals surface area (Å²) in [4.78, 5) is 3.68. The van der Waals surface area contributed by atoms with Gasteiger partial charge in [-0.3, -0.25) is 0 Å². The number of hydrogen-bond donors (Lipinski definition) is 0. The van der Waals surface area contributed by atoms with Crippen molar-refractivity contribution in [1.82, 2.24) is 9.13 Å². The van der Waals surface area contributed by atoms with Crippen molar-refractivity contribution in [3.05, 3.63) is 199 Å². The van der Waals surface area contributed by atoms with Crippen molar-refractivity contribution in [3.63, 3.8) is 0 Å². The summed E-state index contributed by atoms with van der Waals surface area (Å²) in [6.45, 7) is 7.73. The molecule has 2 aromatic heterocycles. The third-order valence-electron chi connectivity index (χ3n) is 10.6. The number of nitrogens with zero attached hydrogens (tertiary/aromatic N) is 4. The SMILES string of the molecule is [C-]#[N+]c1ccc(-c2c(-n3c4ccc(-c5ccccc5)cc4c4cc(-c5ccccc5)ccc43)ccc3c2c2ccccc2n3-c2ccccc2)c(C#N)c1. The van der Waals surface area contributed by atoms with E-state index in [4.69, 9.17) is 6.57 Å². The second-order valence-corrected chi connectivity index (χ2v) is 13.5. The van der Waals surface area contributed by atoms with Gasteiger partial charge in [-0.1, -0.05) is 121 Å². The number of para-hydroxylation sites is 2. The highest BCUT2D eigenvalue weighted by Gasteiger charge is 2.24. The average Bonchev–Trinajstić information content (AvgIpc) is 3.76. The van der Waals surface area contributed by atoms with E-state index >= 15 is 0 Å². The van der Waals surface area contributed by atoms with Crippen molar-refractivity contribution in [3.8, 4) is 50.8 Å². The molecule has 0 radical (unpaired) electrons. The lowest BCUT2D eigenvalue weighted by Gasteiger charge is -2.18. The normalized spacial score (nSPS) is 11.3. The molecule has 0 aliphatic rings. The lowest BCUT2D eigenvalue weighted by molar-refractivity contribution is 1.17. The minimum atomic E-state index is 0.439. The highest BCUT2D eigenvalue weighted by atomic mass is 15.0. The van der Waals surface area contributed by atoms with Crippen molar-refractivity contribution in [2.75, 3.05) is 0 Å². The molecule has 2 heterocycles. The first-order valence-corrected chi connectivity index (χ1v) is 17.9. The van der Waals surface area contributed by atoms with Crippen LogP contribution in [-0.2, 0) is 0 Å². The van der Waals surface area contributed by atoms with Crippen molar-refractivity contribution < 1.29 is 0 Å². The lowest BCUT2D eigenvalue weighted by atomic mass is 9.93. The first-order valence-electron chi connectivity index (χ1n) is 17.9. The van der Waals surface area contributed by atoms with Crippen LogP contribution in [0.1, 0.15) is 5.56 Å². The third kappa shape index (κ3) is 4.83. The zero-order valence-corrected chi connectivity index (χ0v) is 29.1. The molecule has 0 amide bonds. The van der Waals surface area contributed by atoms with Gasteiger partial charge in [0.1, 0.15) is 0 Å². The van der Waals surface area contributed by atoms with Crippen LogP contribution in [0.2, 0.25) is 0 Å². The molecule has 10 rings (SSSR count). The summed E-state index contributed by atoms with van der Waals surface area (Å²) in [6.07, 6.45) is 0. The van der Waals surface area contributed by atoms with Gasteiger partial charge in [-0.25, -0.2) is 4.85 Å². The van der Waals surface area contributed by atoms with Gasteiger partial charge in [0.2, 0.25) is 0 Å². The Morgan fingerprint density at radius 2 is 1.02 bits per heavy atom. The fourth-order valence-corrected chi connectivity index (χ4v) is 8.18. The summed E-state index contributed by atoms with van der Waals surface area (Å²) >= 11 is 0. The molecule has 0 bridgehead atoms. The summed E-state index contributed by atoms with van der Waals surface area (Å²) in [5.74, 6) is 0. The highest BCUT2D eigenvalue weighted by molar-refractivity contribution is 6.19. The largest absolute Gasteiger partial charge is 0.309 e. The van der Waals surface area contributed by atoms with Gasteiger partial charge in [0, 0.05) is 38.4 Å². The summed E-state index contributed by atoms with van der Waals surface area (Å²) in [5.41, 5.74) is 13.5. The maximum Gasteiger partial charge on any atom is 0.188 e. The van der Waals surface area contributed by atoms with Crippen molar-refractivity contribution >= 4 is 49.3 Å². The van der Waals surface area contributed by atoms with E-state index in [1.807, 2.05) is 30.3 Å². The van der Waals surface area contributed by atoms with E-state index in [-0.39, 0.29) is 0 Å². The fraction of sp³-hybridized carbons (Fsp3) is 0. The summed E-state index contributed by atoms with van der Waals surface area (Å²) in [6, 6.07) is 65.8. The molecule has 0 atom stereocenters. The van der Waals surface area contributed by atoms with Crippen LogP contribution in [0.15, 0.2) is 182 Å². The molecule has 10 aromatic rings. The number of hydrogen-bond acceptors (Lipinski definition) is 1. The molecule has 4 nitrogen and oxygen atoms in total. The van der Waals surface area contributed by atoms with Gasteiger partial charge in [0.25, 0.3) is 0 Å². The molecule has 250 valence electrons. The third-order valence-corrected chi connectivity index (χ3v) is 10.6. The Morgan fingerprint density at radius 1 is 0.463 bits per heavy atom. The molecule has 0 spiro atoms.